The number of aliphatic hydroxyl groups is 1. The lowest BCUT2D eigenvalue weighted by Gasteiger charge is -2.23. The van der Waals surface area contributed by atoms with Crippen LogP contribution in [0, 0.1) is 0 Å². The van der Waals surface area contributed by atoms with E-state index in [4.69, 9.17) is 5.73 Å². The third kappa shape index (κ3) is 2.31. The highest BCUT2D eigenvalue weighted by molar-refractivity contribution is 5.98. The molecule has 2 rings (SSSR count). The lowest BCUT2D eigenvalue weighted by molar-refractivity contribution is 0.201. The molecule has 1 unspecified atom stereocenters. The van der Waals surface area contributed by atoms with E-state index in [0.29, 0.717) is 6.54 Å². The number of hydrogen-bond donors (Lipinski definition) is 2. The van der Waals surface area contributed by atoms with E-state index in [2.05, 4.69) is 4.98 Å². The van der Waals surface area contributed by atoms with Gasteiger partial charge < -0.3 is 15.7 Å². The molecular weight excluding hydrogens is 214 g/mol. The van der Waals surface area contributed by atoms with E-state index in [1.165, 1.54) is 0 Å². The van der Waals surface area contributed by atoms with Crippen molar-refractivity contribution in [1.82, 2.24) is 4.98 Å². The lowest BCUT2D eigenvalue weighted by Crippen LogP contribution is -2.27. The van der Waals surface area contributed by atoms with Gasteiger partial charge in [0.25, 0.3) is 0 Å². The molecule has 1 aromatic carbocycles. The number of rotatable bonds is 3. The molecule has 0 aliphatic carbocycles. The third-order valence-corrected chi connectivity index (χ3v) is 2.79. The van der Waals surface area contributed by atoms with Gasteiger partial charge in [-0.15, -0.1) is 0 Å². The number of aromatic nitrogens is 1. The second kappa shape index (κ2) is 4.59. The van der Waals surface area contributed by atoms with E-state index in [-0.39, 0.29) is 6.10 Å². The van der Waals surface area contributed by atoms with Gasteiger partial charge in [0.1, 0.15) is 0 Å². The van der Waals surface area contributed by atoms with Crippen LogP contribution < -0.4 is 10.6 Å². The normalized spacial score (nSPS) is 12.6. The van der Waals surface area contributed by atoms with Crippen LogP contribution in [0.1, 0.15) is 6.92 Å². The Balaban J connectivity index is 2.45. The minimum Gasteiger partial charge on any atom is -0.397 e. The minimum atomic E-state index is -0.382. The molecule has 2 aromatic rings. The Morgan fingerprint density at radius 3 is 2.88 bits per heavy atom. The summed E-state index contributed by atoms with van der Waals surface area (Å²) in [6, 6.07) is 5.86. The minimum absolute atomic E-state index is 0.382. The lowest BCUT2D eigenvalue weighted by atomic mass is 10.1. The summed E-state index contributed by atoms with van der Waals surface area (Å²) in [4.78, 5) is 6.03. The van der Waals surface area contributed by atoms with Crippen molar-refractivity contribution in [3.8, 4) is 0 Å². The number of likely N-dealkylation sites (N-methyl/N-ethyl adjacent to an activating group) is 1. The van der Waals surface area contributed by atoms with Crippen molar-refractivity contribution in [2.24, 2.45) is 0 Å². The largest absolute Gasteiger partial charge is 0.397 e. The standard InChI is InChI=1S/C13H17N3O/c1-9(17)8-16(2)12-4-3-10-7-15-6-5-11(10)13(12)14/h3-7,9,17H,8,14H2,1-2H3. The maximum Gasteiger partial charge on any atom is 0.0686 e. The molecule has 4 heteroatoms. The Hall–Kier alpha value is -1.81. The van der Waals surface area contributed by atoms with Crippen LogP contribution in [-0.4, -0.2) is 29.8 Å². The maximum atomic E-state index is 9.40. The Morgan fingerprint density at radius 2 is 2.18 bits per heavy atom. The summed E-state index contributed by atoms with van der Waals surface area (Å²) in [5.41, 5.74) is 7.81. The summed E-state index contributed by atoms with van der Waals surface area (Å²) in [5, 5.41) is 11.4. The van der Waals surface area contributed by atoms with Crippen LogP contribution in [0.4, 0.5) is 11.4 Å². The van der Waals surface area contributed by atoms with Gasteiger partial charge in [-0.05, 0) is 19.1 Å². The van der Waals surface area contributed by atoms with Gasteiger partial charge in [0.2, 0.25) is 0 Å². The molecule has 0 aliphatic rings. The molecule has 0 radical (unpaired) electrons. The van der Waals surface area contributed by atoms with E-state index in [0.717, 1.165) is 22.1 Å². The van der Waals surface area contributed by atoms with Gasteiger partial charge in [-0.1, -0.05) is 6.07 Å². The molecule has 4 nitrogen and oxygen atoms in total. The Bertz CT molecular complexity index is 525. The van der Waals surface area contributed by atoms with E-state index in [9.17, 15) is 5.11 Å². The zero-order valence-electron chi connectivity index (χ0n) is 10.1. The number of benzene rings is 1. The number of nitrogens with two attached hydrogens (primary N) is 1. The quantitative estimate of drug-likeness (QED) is 0.788. The first kappa shape index (κ1) is 11.7. The maximum absolute atomic E-state index is 9.40. The van der Waals surface area contributed by atoms with E-state index >= 15 is 0 Å². The van der Waals surface area contributed by atoms with Crippen molar-refractivity contribution in [3.05, 3.63) is 30.6 Å². The van der Waals surface area contributed by atoms with Crippen molar-refractivity contribution in [1.29, 1.82) is 0 Å². The Morgan fingerprint density at radius 1 is 1.41 bits per heavy atom. The van der Waals surface area contributed by atoms with Crippen molar-refractivity contribution < 1.29 is 5.11 Å². The number of nitrogens with zero attached hydrogens (tertiary/aromatic N) is 2. The van der Waals surface area contributed by atoms with E-state index in [1.54, 1.807) is 19.3 Å². The van der Waals surface area contributed by atoms with Crippen molar-refractivity contribution >= 4 is 22.1 Å². The SMILES string of the molecule is CC(O)CN(C)c1ccc2cnccc2c1N. The molecule has 1 aromatic heterocycles. The summed E-state index contributed by atoms with van der Waals surface area (Å²) in [7, 11) is 1.92. The molecule has 0 aliphatic heterocycles. The van der Waals surface area contributed by atoms with Crippen molar-refractivity contribution in [2.45, 2.75) is 13.0 Å². The molecule has 90 valence electrons. The molecule has 0 saturated heterocycles. The zero-order chi connectivity index (χ0) is 12.4. The van der Waals surface area contributed by atoms with Gasteiger partial charge in [0.15, 0.2) is 0 Å². The van der Waals surface area contributed by atoms with Crippen LogP contribution in [0.25, 0.3) is 10.8 Å². The highest BCUT2D eigenvalue weighted by Crippen LogP contribution is 2.30. The van der Waals surface area contributed by atoms with Crippen molar-refractivity contribution in [3.63, 3.8) is 0 Å². The smallest absolute Gasteiger partial charge is 0.0686 e. The molecule has 0 fully saturated rings. The highest BCUT2D eigenvalue weighted by atomic mass is 16.3. The average molecular weight is 231 g/mol. The second-order valence-corrected chi connectivity index (χ2v) is 4.32. The van der Waals surface area contributed by atoms with Crippen LogP contribution in [-0.2, 0) is 0 Å². The fourth-order valence-corrected chi connectivity index (χ4v) is 2.01. The van der Waals surface area contributed by atoms with Crippen LogP contribution in [0.5, 0.6) is 0 Å². The molecular formula is C13H17N3O. The molecule has 1 atom stereocenters. The first-order valence-electron chi connectivity index (χ1n) is 5.61. The second-order valence-electron chi connectivity index (χ2n) is 4.32. The molecule has 0 bridgehead atoms. The fourth-order valence-electron chi connectivity index (χ4n) is 2.01. The van der Waals surface area contributed by atoms with Gasteiger partial charge in [-0.25, -0.2) is 0 Å². The van der Waals surface area contributed by atoms with Gasteiger partial charge >= 0.3 is 0 Å². The van der Waals surface area contributed by atoms with Crippen LogP contribution in [0.3, 0.4) is 0 Å². The van der Waals surface area contributed by atoms with Gasteiger partial charge in [-0.2, -0.15) is 0 Å². The third-order valence-electron chi connectivity index (χ3n) is 2.79. The zero-order valence-corrected chi connectivity index (χ0v) is 10.1. The fraction of sp³-hybridized carbons (Fsp3) is 0.308. The Labute approximate surface area is 101 Å². The molecule has 1 heterocycles. The number of pyridine rings is 1. The summed E-state index contributed by atoms with van der Waals surface area (Å²) in [5.74, 6) is 0. The van der Waals surface area contributed by atoms with Gasteiger partial charge in [0, 0.05) is 36.8 Å². The average Bonchev–Trinajstić information content (AvgIpc) is 2.28. The van der Waals surface area contributed by atoms with Gasteiger partial charge in [0.05, 0.1) is 17.5 Å². The summed E-state index contributed by atoms with van der Waals surface area (Å²) in [6.45, 7) is 2.32. The van der Waals surface area contributed by atoms with E-state index < -0.39 is 0 Å². The number of anilines is 2. The van der Waals surface area contributed by atoms with Crippen LogP contribution >= 0.6 is 0 Å². The number of nitrogen functional groups attached to an aromatic ring is 1. The molecule has 0 amide bonds. The molecule has 0 spiro atoms. The molecule has 0 saturated carbocycles. The molecule has 3 N–H and O–H groups in total. The number of aliphatic hydroxyl groups excluding tert-OH is 1. The summed E-state index contributed by atoms with van der Waals surface area (Å²) >= 11 is 0. The monoisotopic (exact) mass is 231 g/mol. The van der Waals surface area contributed by atoms with Crippen LogP contribution in [0.2, 0.25) is 0 Å². The topological polar surface area (TPSA) is 62.4 Å². The first-order valence-corrected chi connectivity index (χ1v) is 5.61. The highest BCUT2D eigenvalue weighted by Gasteiger charge is 2.10. The predicted molar refractivity (Wildman–Crippen MR) is 71.1 cm³/mol. The van der Waals surface area contributed by atoms with Gasteiger partial charge in [-0.3, -0.25) is 4.98 Å². The van der Waals surface area contributed by atoms with Crippen molar-refractivity contribution in [2.75, 3.05) is 24.2 Å². The summed E-state index contributed by atoms with van der Waals surface area (Å²) in [6.07, 6.45) is 3.15. The molecule has 17 heavy (non-hydrogen) atoms. The summed E-state index contributed by atoms with van der Waals surface area (Å²) < 4.78 is 0. The Kier molecular flexibility index (Phi) is 3.15. The predicted octanol–water partition coefficient (Wildman–Crippen LogP) is 1.63. The van der Waals surface area contributed by atoms with E-state index in [1.807, 2.05) is 30.1 Å². The number of hydrogen-bond acceptors (Lipinski definition) is 4. The number of fused-ring (bicyclic) bond motifs is 1. The first-order chi connectivity index (χ1) is 8.09. The van der Waals surface area contributed by atoms with Crippen LogP contribution in [0.15, 0.2) is 30.6 Å².